The van der Waals surface area contributed by atoms with E-state index in [-0.39, 0.29) is 12.8 Å². The highest BCUT2D eigenvalue weighted by atomic mass is 16.6. The number of amides is 4. The highest BCUT2D eigenvalue weighted by Crippen LogP contribution is 2.30. The number of aryl methyl sites for hydroxylation is 4. The number of para-hydroxylation sites is 1. The first-order valence-corrected chi connectivity index (χ1v) is 12.7. The van der Waals surface area contributed by atoms with Gasteiger partial charge in [0.05, 0.1) is 0 Å². The topological polar surface area (TPSA) is 131 Å². The standard InChI is InChI=1S/C30H38N4O5/c1-9-34(28(37)22(16-17-23(31)35)32-29(38)39-30(6,7)8)26(24-18(2)12-10-13-19(24)3)27(36)33-25-20(4)14-11-15-21(25)5/h1,10-15,22,26H,16-17H2,2-8H3,(H2,31,35)(H,32,38)(H,33,36). The Morgan fingerprint density at radius 3 is 1.95 bits per heavy atom. The van der Waals surface area contributed by atoms with E-state index in [1.165, 1.54) is 0 Å². The number of anilines is 1. The van der Waals surface area contributed by atoms with Crippen molar-refractivity contribution in [1.29, 1.82) is 0 Å². The summed E-state index contributed by atoms with van der Waals surface area (Å²) in [6.45, 7) is 12.4. The fraction of sp³-hybridized carbons (Fsp3) is 0.400. The van der Waals surface area contributed by atoms with Gasteiger partial charge in [0.15, 0.2) is 0 Å². The van der Waals surface area contributed by atoms with Gasteiger partial charge in [0, 0.05) is 18.2 Å². The van der Waals surface area contributed by atoms with Crippen molar-refractivity contribution in [3.8, 4) is 12.5 Å². The van der Waals surface area contributed by atoms with Crippen LogP contribution in [0.15, 0.2) is 36.4 Å². The van der Waals surface area contributed by atoms with Crippen molar-refractivity contribution >= 4 is 29.5 Å². The van der Waals surface area contributed by atoms with Crippen molar-refractivity contribution in [3.05, 3.63) is 64.2 Å². The zero-order chi connectivity index (χ0) is 29.5. The Morgan fingerprint density at radius 2 is 1.49 bits per heavy atom. The molecule has 4 N–H and O–H groups in total. The molecule has 2 aromatic rings. The van der Waals surface area contributed by atoms with Crippen LogP contribution in [0.5, 0.6) is 0 Å². The lowest BCUT2D eigenvalue weighted by atomic mass is 9.93. The second kappa shape index (κ2) is 13.0. The summed E-state index contributed by atoms with van der Waals surface area (Å²) in [5, 5.41) is 5.45. The number of primary amides is 1. The quantitative estimate of drug-likeness (QED) is 0.328. The lowest BCUT2D eigenvalue weighted by Crippen LogP contribution is -2.51. The normalized spacial score (nSPS) is 12.5. The molecule has 9 heteroatoms. The van der Waals surface area contributed by atoms with E-state index in [0.717, 1.165) is 27.2 Å². The summed E-state index contributed by atoms with van der Waals surface area (Å²) in [6, 6.07) is 10.9. The first kappa shape index (κ1) is 30.9. The third-order valence-corrected chi connectivity index (χ3v) is 6.10. The van der Waals surface area contributed by atoms with Gasteiger partial charge < -0.3 is 21.1 Å². The maximum absolute atomic E-state index is 13.9. The summed E-state index contributed by atoms with van der Waals surface area (Å²) in [6.07, 6.45) is 4.66. The molecule has 0 aromatic heterocycles. The third-order valence-electron chi connectivity index (χ3n) is 6.10. The van der Waals surface area contributed by atoms with Gasteiger partial charge >= 0.3 is 6.09 Å². The number of nitrogens with two attached hydrogens (primary N) is 1. The van der Waals surface area contributed by atoms with E-state index in [1.807, 2.05) is 64.1 Å². The van der Waals surface area contributed by atoms with Gasteiger partial charge in [-0.15, -0.1) is 0 Å². The molecule has 9 nitrogen and oxygen atoms in total. The highest BCUT2D eigenvalue weighted by Gasteiger charge is 2.37. The number of hydrogen-bond acceptors (Lipinski definition) is 5. The maximum atomic E-state index is 13.9. The van der Waals surface area contributed by atoms with Crippen LogP contribution >= 0.6 is 0 Å². The molecule has 0 fully saturated rings. The molecule has 0 aliphatic carbocycles. The van der Waals surface area contributed by atoms with Crippen LogP contribution in [0.4, 0.5) is 10.5 Å². The molecule has 0 radical (unpaired) electrons. The van der Waals surface area contributed by atoms with Gasteiger partial charge in [-0.25, -0.2) is 4.79 Å². The number of benzene rings is 2. The lowest BCUT2D eigenvalue weighted by Gasteiger charge is -2.32. The van der Waals surface area contributed by atoms with E-state index in [4.69, 9.17) is 16.9 Å². The molecule has 2 atom stereocenters. The SMILES string of the molecule is C#CN(C(=O)C(CCC(N)=O)NC(=O)OC(C)(C)C)C(C(=O)Nc1c(C)cccc1C)c1c(C)cccc1C. The third kappa shape index (κ3) is 8.34. The van der Waals surface area contributed by atoms with E-state index < -0.39 is 41.5 Å². The van der Waals surface area contributed by atoms with Gasteiger partial charge in [-0.1, -0.05) is 42.8 Å². The number of rotatable bonds is 9. The number of ether oxygens (including phenoxy) is 1. The van der Waals surface area contributed by atoms with Crippen molar-refractivity contribution in [2.24, 2.45) is 5.73 Å². The molecule has 0 aliphatic rings. The van der Waals surface area contributed by atoms with Gasteiger partial charge in [0.1, 0.15) is 17.7 Å². The van der Waals surface area contributed by atoms with E-state index >= 15 is 0 Å². The second-order valence-corrected chi connectivity index (χ2v) is 10.5. The molecule has 4 amide bonds. The number of carbonyl (C=O) groups is 4. The van der Waals surface area contributed by atoms with Gasteiger partial charge in [-0.2, -0.15) is 0 Å². The molecule has 208 valence electrons. The molecule has 0 spiro atoms. The maximum Gasteiger partial charge on any atom is 0.408 e. The van der Waals surface area contributed by atoms with Gasteiger partial charge in [0.2, 0.25) is 5.91 Å². The average Bonchev–Trinajstić information content (AvgIpc) is 2.81. The first-order valence-electron chi connectivity index (χ1n) is 12.7. The Hall–Kier alpha value is -4.32. The van der Waals surface area contributed by atoms with E-state index in [0.29, 0.717) is 11.3 Å². The van der Waals surface area contributed by atoms with Crippen LogP contribution < -0.4 is 16.4 Å². The molecule has 2 rings (SSSR count). The summed E-state index contributed by atoms with van der Waals surface area (Å²) in [5.41, 5.74) is 8.83. The molecular formula is C30H38N4O5. The van der Waals surface area contributed by atoms with Crippen molar-refractivity contribution in [1.82, 2.24) is 10.2 Å². The van der Waals surface area contributed by atoms with Crippen LogP contribution in [-0.2, 0) is 19.1 Å². The summed E-state index contributed by atoms with van der Waals surface area (Å²) in [5.74, 6) is -1.94. The molecular weight excluding hydrogens is 496 g/mol. The molecule has 2 aromatic carbocycles. The minimum atomic E-state index is -1.27. The minimum absolute atomic E-state index is 0.135. The van der Waals surface area contributed by atoms with Crippen molar-refractivity contribution < 1.29 is 23.9 Å². The van der Waals surface area contributed by atoms with Crippen LogP contribution in [-0.4, -0.2) is 40.4 Å². The summed E-state index contributed by atoms with van der Waals surface area (Å²) in [7, 11) is 0. The van der Waals surface area contributed by atoms with E-state index in [2.05, 4.69) is 16.7 Å². The number of nitrogens with one attached hydrogen (secondary N) is 2. The first-order chi connectivity index (χ1) is 18.2. The largest absolute Gasteiger partial charge is 0.444 e. The predicted octanol–water partition coefficient (Wildman–Crippen LogP) is 4.18. The van der Waals surface area contributed by atoms with Crippen LogP contribution in [0.1, 0.15) is 67.5 Å². The monoisotopic (exact) mass is 534 g/mol. The number of terminal acetylenes is 1. The van der Waals surface area contributed by atoms with Crippen LogP contribution in [0.2, 0.25) is 0 Å². The molecule has 39 heavy (non-hydrogen) atoms. The molecule has 0 saturated heterocycles. The van der Waals surface area contributed by atoms with Gasteiger partial charge in [-0.05, 0) is 82.7 Å². The molecule has 2 unspecified atom stereocenters. The Kier molecular flexibility index (Phi) is 10.3. The molecule has 0 aliphatic heterocycles. The van der Waals surface area contributed by atoms with Crippen LogP contribution in [0.25, 0.3) is 0 Å². The predicted molar refractivity (Wildman–Crippen MR) is 150 cm³/mol. The average molecular weight is 535 g/mol. The zero-order valence-electron chi connectivity index (χ0n) is 23.7. The zero-order valence-corrected chi connectivity index (χ0v) is 23.7. The Bertz CT molecular complexity index is 1250. The second-order valence-electron chi connectivity index (χ2n) is 10.5. The van der Waals surface area contributed by atoms with Crippen molar-refractivity contribution in [2.45, 2.75) is 79.0 Å². The fourth-order valence-corrected chi connectivity index (χ4v) is 4.27. The summed E-state index contributed by atoms with van der Waals surface area (Å²) in [4.78, 5) is 52.9. The van der Waals surface area contributed by atoms with Crippen LogP contribution in [0.3, 0.4) is 0 Å². The number of hydrogen-bond donors (Lipinski definition) is 3. The van der Waals surface area contributed by atoms with E-state index in [1.54, 1.807) is 20.8 Å². The summed E-state index contributed by atoms with van der Waals surface area (Å²) >= 11 is 0. The molecule has 0 bridgehead atoms. The fourth-order valence-electron chi connectivity index (χ4n) is 4.27. The summed E-state index contributed by atoms with van der Waals surface area (Å²) < 4.78 is 5.31. The van der Waals surface area contributed by atoms with Gasteiger partial charge in [-0.3, -0.25) is 19.3 Å². The molecule has 0 saturated carbocycles. The van der Waals surface area contributed by atoms with Crippen molar-refractivity contribution in [2.75, 3.05) is 5.32 Å². The minimum Gasteiger partial charge on any atom is -0.444 e. The Morgan fingerprint density at radius 1 is 0.974 bits per heavy atom. The molecule has 0 heterocycles. The van der Waals surface area contributed by atoms with E-state index in [9.17, 15) is 19.2 Å². The smallest absolute Gasteiger partial charge is 0.408 e. The Labute approximate surface area is 230 Å². The highest BCUT2D eigenvalue weighted by molar-refractivity contribution is 6.01. The Balaban J connectivity index is 2.58. The number of carbonyl (C=O) groups excluding carboxylic acids is 4. The van der Waals surface area contributed by atoms with Crippen molar-refractivity contribution in [3.63, 3.8) is 0 Å². The van der Waals surface area contributed by atoms with Gasteiger partial charge in [0.25, 0.3) is 11.8 Å². The number of nitrogens with zero attached hydrogens (tertiary/aromatic N) is 1. The lowest BCUT2D eigenvalue weighted by molar-refractivity contribution is -0.137. The number of alkyl carbamates (subject to hydrolysis) is 1. The van der Waals surface area contributed by atoms with Crippen LogP contribution in [0, 0.1) is 40.2 Å².